The van der Waals surface area contributed by atoms with E-state index >= 15 is 0 Å². The van der Waals surface area contributed by atoms with Crippen LogP contribution in [0.4, 0.5) is 0 Å². The second kappa shape index (κ2) is 7.46. The average Bonchev–Trinajstić information content (AvgIpc) is 2.39. The van der Waals surface area contributed by atoms with Gasteiger partial charge in [-0.2, -0.15) is 0 Å². The number of carbonyl (C=O) groups excluding carboxylic acids is 1. The minimum absolute atomic E-state index is 0. The minimum Gasteiger partial charge on any atom is -0.349 e. The van der Waals surface area contributed by atoms with Gasteiger partial charge in [-0.1, -0.05) is 12.5 Å². The summed E-state index contributed by atoms with van der Waals surface area (Å²) < 4.78 is 0. The molecule has 3 unspecified atom stereocenters. The van der Waals surface area contributed by atoms with E-state index in [0.717, 1.165) is 31.2 Å². The van der Waals surface area contributed by atoms with E-state index in [9.17, 15) is 4.79 Å². The molecule has 1 amide bonds. The molecule has 0 spiro atoms. The van der Waals surface area contributed by atoms with Gasteiger partial charge in [0.25, 0.3) is 0 Å². The fourth-order valence-electron chi connectivity index (χ4n) is 2.51. The number of amides is 1. The van der Waals surface area contributed by atoms with E-state index in [4.69, 9.17) is 5.73 Å². The lowest BCUT2D eigenvalue weighted by molar-refractivity contribution is -0.126. The molecule has 3 N–H and O–H groups in total. The lowest BCUT2D eigenvalue weighted by Gasteiger charge is -2.27. The SMILES string of the molecule is CC(NC(=O)C1CCCC(N)C1)c1cccnc1.Cl. The highest BCUT2D eigenvalue weighted by Gasteiger charge is 2.26. The summed E-state index contributed by atoms with van der Waals surface area (Å²) in [5.41, 5.74) is 6.95. The predicted molar refractivity (Wildman–Crippen MR) is 78.0 cm³/mol. The molecular weight excluding hydrogens is 262 g/mol. The monoisotopic (exact) mass is 283 g/mol. The summed E-state index contributed by atoms with van der Waals surface area (Å²) in [6.07, 6.45) is 7.39. The number of halogens is 1. The van der Waals surface area contributed by atoms with Crippen LogP contribution in [0.25, 0.3) is 0 Å². The summed E-state index contributed by atoms with van der Waals surface area (Å²) in [7, 11) is 0. The second-order valence-electron chi connectivity index (χ2n) is 5.14. The molecule has 1 fully saturated rings. The van der Waals surface area contributed by atoms with Gasteiger partial charge in [0, 0.05) is 24.4 Å². The van der Waals surface area contributed by atoms with E-state index in [1.54, 1.807) is 12.4 Å². The molecule has 5 heteroatoms. The molecule has 1 heterocycles. The molecule has 3 atom stereocenters. The van der Waals surface area contributed by atoms with Crippen LogP contribution in [0.1, 0.15) is 44.2 Å². The first-order valence-corrected chi connectivity index (χ1v) is 6.62. The van der Waals surface area contributed by atoms with Gasteiger partial charge in [-0.15, -0.1) is 12.4 Å². The predicted octanol–water partition coefficient (Wildman–Crippen LogP) is 2.20. The molecule has 0 bridgehead atoms. The summed E-state index contributed by atoms with van der Waals surface area (Å²) in [5.74, 6) is 0.203. The van der Waals surface area contributed by atoms with E-state index in [0.29, 0.717) is 0 Å². The Morgan fingerprint density at radius 1 is 1.53 bits per heavy atom. The van der Waals surface area contributed by atoms with Gasteiger partial charge in [0.2, 0.25) is 5.91 Å². The molecule has 0 radical (unpaired) electrons. The Labute approximate surface area is 120 Å². The first-order valence-electron chi connectivity index (χ1n) is 6.62. The number of hydrogen-bond donors (Lipinski definition) is 2. The van der Waals surface area contributed by atoms with Crippen LogP contribution in [-0.4, -0.2) is 16.9 Å². The molecule has 1 aromatic rings. The molecule has 4 nitrogen and oxygen atoms in total. The minimum atomic E-state index is 0. The molecule has 106 valence electrons. The van der Waals surface area contributed by atoms with Crippen molar-refractivity contribution in [3.63, 3.8) is 0 Å². The van der Waals surface area contributed by atoms with Crippen LogP contribution in [0.5, 0.6) is 0 Å². The summed E-state index contributed by atoms with van der Waals surface area (Å²) >= 11 is 0. The van der Waals surface area contributed by atoms with Crippen molar-refractivity contribution >= 4 is 18.3 Å². The molecule has 2 rings (SSSR count). The molecule has 0 aliphatic heterocycles. The standard InChI is InChI=1S/C14H21N3O.ClH/c1-10(12-5-3-7-16-9-12)17-14(18)11-4-2-6-13(15)8-11;/h3,5,7,9-11,13H,2,4,6,8,15H2,1H3,(H,17,18);1H. The number of carbonyl (C=O) groups is 1. The van der Waals surface area contributed by atoms with Gasteiger partial charge in [0.05, 0.1) is 6.04 Å². The Hall–Kier alpha value is -1.13. The van der Waals surface area contributed by atoms with E-state index in [1.165, 1.54) is 0 Å². The average molecular weight is 284 g/mol. The van der Waals surface area contributed by atoms with Crippen LogP contribution in [0, 0.1) is 5.92 Å². The third-order valence-corrected chi connectivity index (χ3v) is 3.63. The maximum absolute atomic E-state index is 12.1. The van der Waals surface area contributed by atoms with Gasteiger partial charge >= 0.3 is 0 Å². The Kier molecular flexibility index (Phi) is 6.25. The normalized spacial score (nSPS) is 24.1. The molecule has 1 aliphatic rings. The molecule has 0 saturated heterocycles. The van der Waals surface area contributed by atoms with Gasteiger partial charge in [0.1, 0.15) is 0 Å². The summed E-state index contributed by atoms with van der Waals surface area (Å²) in [4.78, 5) is 16.2. The first-order chi connectivity index (χ1) is 8.66. The summed E-state index contributed by atoms with van der Waals surface area (Å²) in [6, 6.07) is 4.05. The van der Waals surface area contributed by atoms with Crippen molar-refractivity contribution in [3.8, 4) is 0 Å². The highest BCUT2D eigenvalue weighted by molar-refractivity contribution is 5.85. The number of pyridine rings is 1. The molecule has 1 saturated carbocycles. The van der Waals surface area contributed by atoms with Crippen molar-refractivity contribution in [1.29, 1.82) is 0 Å². The van der Waals surface area contributed by atoms with Crippen molar-refractivity contribution in [3.05, 3.63) is 30.1 Å². The van der Waals surface area contributed by atoms with Crippen molar-refractivity contribution in [2.75, 3.05) is 0 Å². The van der Waals surface area contributed by atoms with Crippen molar-refractivity contribution in [1.82, 2.24) is 10.3 Å². The van der Waals surface area contributed by atoms with Crippen LogP contribution in [0.3, 0.4) is 0 Å². The van der Waals surface area contributed by atoms with E-state index in [-0.39, 0.29) is 36.3 Å². The van der Waals surface area contributed by atoms with Crippen LogP contribution in [0.15, 0.2) is 24.5 Å². The van der Waals surface area contributed by atoms with Crippen LogP contribution in [0.2, 0.25) is 0 Å². The largest absolute Gasteiger partial charge is 0.349 e. The van der Waals surface area contributed by atoms with Crippen molar-refractivity contribution < 1.29 is 4.79 Å². The highest BCUT2D eigenvalue weighted by atomic mass is 35.5. The Balaban J connectivity index is 0.00000180. The topological polar surface area (TPSA) is 68.0 Å². The summed E-state index contributed by atoms with van der Waals surface area (Å²) in [6.45, 7) is 1.98. The van der Waals surface area contributed by atoms with Gasteiger partial charge < -0.3 is 11.1 Å². The van der Waals surface area contributed by atoms with Crippen LogP contribution < -0.4 is 11.1 Å². The summed E-state index contributed by atoms with van der Waals surface area (Å²) in [5, 5.41) is 3.05. The van der Waals surface area contributed by atoms with Crippen molar-refractivity contribution in [2.45, 2.75) is 44.7 Å². The van der Waals surface area contributed by atoms with Gasteiger partial charge in [-0.05, 0) is 37.8 Å². The maximum Gasteiger partial charge on any atom is 0.223 e. The number of aromatic nitrogens is 1. The number of rotatable bonds is 3. The van der Waals surface area contributed by atoms with E-state index in [2.05, 4.69) is 10.3 Å². The maximum atomic E-state index is 12.1. The van der Waals surface area contributed by atoms with Crippen LogP contribution in [-0.2, 0) is 4.79 Å². The lowest BCUT2D eigenvalue weighted by Crippen LogP contribution is -2.38. The van der Waals surface area contributed by atoms with Gasteiger partial charge in [-0.25, -0.2) is 0 Å². The van der Waals surface area contributed by atoms with Crippen molar-refractivity contribution in [2.24, 2.45) is 11.7 Å². The highest BCUT2D eigenvalue weighted by Crippen LogP contribution is 2.24. The zero-order valence-electron chi connectivity index (χ0n) is 11.2. The quantitative estimate of drug-likeness (QED) is 0.893. The smallest absolute Gasteiger partial charge is 0.223 e. The van der Waals surface area contributed by atoms with Crippen LogP contribution >= 0.6 is 12.4 Å². The molecule has 1 aromatic heterocycles. The molecule has 0 aromatic carbocycles. The molecule has 1 aliphatic carbocycles. The third-order valence-electron chi connectivity index (χ3n) is 3.63. The van der Waals surface area contributed by atoms with E-state index < -0.39 is 0 Å². The fourth-order valence-corrected chi connectivity index (χ4v) is 2.51. The van der Waals surface area contributed by atoms with Gasteiger partial charge in [0.15, 0.2) is 0 Å². The lowest BCUT2D eigenvalue weighted by atomic mass is 9.85. The number of nitrogens with one attached hydrogen (secondary N) is 1. The molecule has 19 heavy (non-hydrogen) atoms. The number of hydrogen-bond acceptors (Lipinski definition) is 3. The third kappa shape index (κ3) is 4.48. The first kappa shape index (κ1) is 15.9. The Morgan fingerprint density at radius 3 is 2.95 bits per heavy atom. The fraction of sp³-hybridized carbons (Fsp3) is 0.571. The Morgan fingerprint density at radius 2 is 2.32 bits per heavy atom. The zero-order valence-corrected chi connectivity index (χ0v) is 12.0. The number of nitrogens with two attached hydrogens (primary N) is 1. The molecular formula is C14H22ClN3O. The number of nitrogens with zero attached hydrogens (tertiary/aromatic N) is 1. The van der Waals surface area contributed by atoms with Gasteiger partial charge in [-0.3, -0.25) is 9.78 Å². The zero-order chi connectivity index (χ0) is 13.0. The van der Waals surface area contributed by atoms with E-state index in [1.807, 2.05) is 19.1 Å². The Bertz CT molecular complexity index is 399. The second-order valence-corrected chi connectivity index (χ2v) is 5.14.